The van der Waals surface area contributed by atoms with E-state index in [0.717, 1.165) is 24.9 Å². The first-order valence-corrected chi connectivity index (χ1v) is 7.23. The normalized spacial score (nSPS) is 29.1. The molecule has 1 heterocycles. The summed E-state index contributed by atoms with van der Waals surface area (Å²) in [5.74, 6) is 0.290. The highest BCUT2D eigenvalue weighted by Gasteiger charge is 2.52. The summed E-state index contributed by atoms with van der Waals surface area (Å²) in [6.45, 7) is 2.90. The molecule has 0 bridgehead atoms. The van der Waals surface area contributed by atoms with Crippen molar-refractivity contribution in [3.63, 3.8) is 0 Å². The van der Waals surface area contributed by atoms with Crippen LogP contribution < -0.4 is 10.2 Å². The molecule has 3 rings (SSSR count). The second-order valence-electron chi connectivity index (χ2n) is 6.00. The van der Waals surface area contributed by atoms with Crippen molar-refractivity contribution < 1.29 is 9.59 Å². The van der Waals surface area contributed by atoms with Gasteiger partial charge in [-0.2, -0.15) is 0 Å². The van der Waals surface area contributed by atoms with E-state index in [9.17, 15) is 9.59 Å². The van der Waals surface area contributed by atoms with Gasteiger partial charge in [-0.3, -0.25) is 14.5 Å². The van der Waals surface area contributed by atoms with Crippen LogP contribution in [-0.4, -0.2) is 18.9 Å². The van der Waals surface area contributed by atoms with Crippen molar-refractivity contribution in [2.24, 2.45) is 17.8 Å². The topological polar surface area (TPSA) is 49.4 Å². The summed E-state index contributed by atoms with van der Waals surface area (Å²) in [5, 5.41) is 3.08. The van der Waals surface area contributed by atoms with Crippen molar-refractivity contribution in [1.29, 1.82) is 0 Å². The van der Waals surface area contributed by atoms with Gasteiger partial charge in [-0.15, -0.1) is 0 Å². The Morgan fingerprint density at radius 1 is 1.10 bits per heavy atom. The van der Waals surface area contributed by atoms with Gasteiger partial charge < -0.3 is 5.32 Å². The van der Waals surface area contributed by atoms with Gasteiger partial charge in [0.15, 0.2) is 0 Å². The van der Waals surface area contributed by atoms with Gasteiger partial charge >= 0.3 is 0 Å². The second-order valence-corrected chi connectivity index (χ2v) is 6.00. The highest BCUT2D eigenvalue weighted by molar-refractivity contribution is 6.22. The minimum absolute atomic E-state index is 0.00860. The van der Waals surface area contributed by atoms with E-state index in [1.165, 1.54) is 4.90 Å². The number of carbonyl (C=O) groups excluding carboxylic acids is 2. The molecule has 2 aliphatic rings. The third-order valence-electron chi connectivity index (χ3n) is 4.45. The van der Waals surface area contributed by atoms with Crippen LogP contribution in [0.4, 0.5) is 5.69 Å². The lowest BCUT2D eigenvalue weighted by Crippen LogP contribution is -2.32. The smallest absolute Gasteiger partial charge is 0.237 e. The Bertz CT molecular complexity index is 514. The lowest BCUT2D eigenvalue weighted by molar-refractivity contribution is -0.123. The highest BCUT2D eigenvalue weighted by Crippen LogP contribution is 2.44. The molecule has 2 amide bonds. The summed E-state index contributed by atoms with van der Waals surface area (Å²) in [7, 11) is 1.89. The second kappa shape index (κ2) is 5.02. The zero-order chi connectivity index (χ0) is 14.3. The molecule has 1 aromatic carbocycles. The number of amides is 2. The first kappa shape index (κ1) is 13.3. The fraction of sp³-hybridized carbons (Fsp3) is 0.500. The van der Waals surface area contributed by atoms with E-state index in [2.05, 4.69) is 12.2 Å². The molecule has 20 heavy (non-hydrogen) atoms. The summed E-state index contributed by atoms with van der Waals surface area (Å²) in [4.78, 5) is 26.3. The maximum absolute atomic E-state index is 12.4. The van der Waals surface area contributed by atoms with Crippen LogP contribution in [0.25, 0.3) is 0 Å². The lowest BCUT2D eigenvalue weighted by atomic mass is 10.00. The largest absolute Gasteiger partial charge is 0.316 e. The Morgan fingerprint density at radius 3 is 2.15 bits per heavy atom. The average molecular weight is 272 g/mol. The molecule has 1 aromatic rings. The minimum Gasteiger partial charge on any atom is -0.316 e. The van der Waals surface area contributed by atoms with E-state index < -0.39 is 0 Å². The average Bonchev–Trinajstić information content (AvgIpc) is 2.91. The Kier molecular flexibility index (Phi) is 3.34. The first-order valence-electron chi connectivity index (χ1n) is 7.23. The Morgan fingerprint density at radius 2 is 1.65 bits per heavy atom. The zero-order valence-electron chi connectivity index (χ0n) is 11.9. The van der Waals surface area contributed by atoms with Crippen LogP contribution in [0.1, 0.15) is 25.3 Å². The summed E-state index contributed by atoms with van der Waals surface area (Å²) < 4.78 is 0. The molecule has 0 aromatic heterocycles. The number of benzene rings is 1. The molecule has 1 saturated carbocycles. The molecule has 1 N–H and O–H groups in total. The molecule has 1 saturated heterocycles. The predicted octanol–water partition coefficient (Wildman–Crippen LogP) is 1.94. The number of imide groups is 1. The van der Waals surface area contributed by atoms with E-state index in [1.807, 2.05) is 31.3 Å². The molecule has 2 unspecified atom stereocenters. The molecule has 1 aliphatic heterocycles. The van der Waals surface area contributed by atoms with Gasteiger partial charge in [0.25, 0.3) is 0 Å². The monoisotopic (exact) mass is 272 g/mol. The summed E-state index contributed by atoms with van der Waals surface area (Å²) in [6, 6.07) is 7.66. The molecule has 0 radical (unpaired) electrons. The predicted molar refractivity (Wildman–Crippen MR) is 77.1 cm³/mol. The highest BCUT2D eigenvalue weighted by atomic mass is 16.2. The van der Waals surface area contributed by atoms with Gasteiger partial charge in [-0.1, -0.05) is 19.1 Å². The lowest BCUT2D eigenvalue weighted by Gasteiger charge is -2.17. The summed E-state index contributed by atoms with van der Waals surface area (Å²) in [5.41, 5.74) is 1.85. The quantitative estimate of drug-likeness (QED) is 0.856. The molecule has 106 valence electrons. The number of nitrogens with zero attached hydrogens (tertiary/aromatic N) is 1. The number of carbonyl (C=O) groups is 2. The van der Waals surface area contributed by atoms with Gasteiger partial charge in [0, 0.05) is 6.54 Å². The van der Waals surface area contributed by atoms with E-state index in [0.29, 0.717) is 11.6 Å². The maximum Gasteiger partial charge on any atom is 0.237 e. The Hall–Kier alpha value is -1.68. The van der Waals surface area contributed by atoms with Crippen molar-refractivity contribution in [3.8, 4) is 0 Å². The molecule has 0 spiro atoms. The molecule has 4 nitrogen and oxygen atoms in total. The summed E-state index contributed by atoms with van der Waals surface area (Å²) >= 11 is 0. The van der Waals surface area contributed by atoms with Gasteiger partial charge in [-0.25, -0.2) is 0 Å². The fourth-order valence-electron chi connectivity index (χ4n) is 3.50. The molecule has 1 aliphatic carbocycles. The standard InChI is InChI=1S/C16H20N2O2/c1-10-7-13-14(8-10)16(20)18(15(13)19)12-5-3-11(4-6-12)9-17-2/h3-6,10,13-14,17H,7-9H2,1-2H3. The van der Waals surface area contributed by atoms with Gasteiger partial charge in [-0.05, 0) is 43.5 Å². The van der Waals surface area contributed by atoms with Gasteiger partial charge in [0.1, 0.15) is 0 Å². The first-order chi connectivity index (χ1) is 9.61. The third kappa shape index (κ3) is 2.04. The third-order valence-corrected chi connectivity index (χ3v) is 4.45. The van der Waals surface area contributed by atoms with Crippen LogP contribution in [0.3, 0.4) is 0 Å². The van der Waals surface area contributed by atoms with Crippen molar-refractivity contribution in [1.82, 2.24) is 5.32 Å². The van der Waals surface area contributed by atoms with Crippen LogP contribution in [0.15, 0.2) is 24.3 Å². The number of hydrogen-bond donors (Lipinski definition) is 1. The maximum atomic E-state index is 12.4. The van der Waals surface area contributed by atoms with Gasteiger partial charge in [0.05, 0.1) is 17.5 Å². The zero-order valence-corrected chi connectivity index (χ0v) is 11.9. The van der Waals surface area contributed by atoms with E-state index >= 15 is 0 Å². The van der Waals surface area contributed by atoms with Crippen LogP contribution >= 0.6 is 0 Å². The van der Waals surface area contributed by atoms with E-state index in [1.54, 1.807) is 0 Å². The fourth-order valence-corrected chi connectivity index (χ4v) is 3.50. The van der Waals surface area contributed by atoms with E-state index in [-0.39, 0.29) is 23.7 Å². The Labute approximate surface area is 119 Å². The SMILES string of the molecule is CNCc1ccc(N2C(=O)C3CC(C)CC3C2=O)cc1. The van der Waals surface area contributed by atoms with Crippen molar-refractivity contribution in [2.45, 2.75) is 26.3 Å². The van der Waals surface area contributed by atoms with Crippen LogP contribution in [0, 0.1) is 17.8 Å². The number of rotatable bonds is 3. The number of hydrogen-bond acceptors (Lipinski definition) is 3. The molecule has 4 heteroatoms. The van der Waals surface area contributed by atoms with Crippen LogP contribution in [0.5, 0.6) is 0 Å². The molecule has 2 atom stereocenters. The van der Waals surface area contributed by atoms with Crippen molar-refractivity contribution in [3.05, 3.63) is 29.8 Å². The van der Waals surface area contributed by atoms with Gasteiger partial charge in [0.2, 0.25) is 11.8 Å². The van der Waals surface area contributed by atoms with Crippen LogP contribution in [-0.2, 0) is 16.1 Å². The minimum atomic E-state index is -0.0884. The molecule has 2 fully saturated rings. The molecular formula is C16H20N2O2. The molecular weight excluding hydrogens is 252 g/mol. The summed E-state index contributed by atoms with van der Waals surface area (Å²) in [6.07, 6.45) is 1.70. The van der Waals surface area contributed by atoms with Crippen LogP contribution in [0.2, 0.25) is 0 Å². The number of fused-ring (bicyclic) bond motifs is 1. The van der Waals surface area contributed by atoms with Crippen molar-refractivity contribution in [2.75, 3.05) is 11.9 Å². The van der Waals surface area contributed by atoms with E-state index in [4.69, 9.17) is 0 Å². The Balaban J connectivity index is 1.84. The van der Waals surface area contributed by atoms with Crippen molar-refractivity contribution >= 4 is 17.5 Å². The number of nitrogens with one attached hydrogen (secondary N) is 1. The number of anilines is 1.